The first kappa shape index (κ1) is 21.7. The molecule has 0 bridgehead atoms. The third kappa shape index (κ3) is 6.51. The molecule has 5 heteroatoms. The zero-order valence-corrected chi connectivity index (χ0v) is 17.0. The first-order valence-electron chi connectivity index (χ1n) is 9.55. The average molecular weight is 382 g/mol. The number of allylic oxidation sites excluding steroid dienone is 1. The highest BCUT2D eigenvalue weighted by Crippen LogP contribution is 2.31. The second-order valence-electron chi connectivity index (χ2n) is 6.57. The number of rotatable bonds is 12. The Balaban J connectivity index is 1.98. The van der Waals surface area contributed by atoms with Gasteiger partial charge in [0, 0.05) is 37.6 Å². The minimum Gasteiger partial charge on any atom is -0.496 e. The molecule has 2 N–H and O–H groups in total. The van der Waals surface area contributed by atoms with Crippen molar-refractivity contribution in [3.05, 3.63) is 77.5 Å². The fourth-order valence-electron chi connectivity index (χ4n) is 3.02. The smallest absolute Gasteiger partial charge is 0.126 e. The van der Waals surface area contributed by atoms with Gasteiger partial charge >= 0.3 is 0 Å². The summed E-state index contributed by atoms with van der Waals surface area (Å²) in [5.74, 6) is 0.774. The quantitative estimate of drug-likeness (QED) is 0.551. The van der Waals surface area contributed by atoms with Gasteiger partial charge in [0.05, 0.1) is 13.7 Å². The van der Waals surface area contributed by atoms with E-state index in [9.17, 15) is 0 Å². The van der Waals surface area contributed by atoms with Crippen LogP contribution in [0.5, 0.6) is 5.75 Å². The number of hydrogen-bond acceptors (Lipinski definition) is 5. The van der Waals surface area contributed by atoms with E-state index >= 15 is 0 Å². The third-order valence-electron chi connectivity index (χ3n) is 4.64. The lowest BCUT2D eigenvalue weighted by atomic mass is 10.0. The third-order valence-corrected chi connectivity index (χ3v) is 4.64. The normalized spacial score (nSPS) is 12.6. The van der Waals surface area contributed by atoms with E-state index in [4.69, 9.17) is 14.9 Å². The van der Waals surface area contributed by atoms with Crippen LogP contribution in [0.3, 0.4) is 0 Å². The number of para-hydroxylation sites is 1. The Kier molecular flexibility index (Phi) is 9.25. The molecular weight excluding hydrogens is 350 g/mol. The molecule has 1 unspecified atom stereocenters. The summed E-state index contributed by atoms with van der Waals surface area (Å²) in [5, 5.41) is 10.6. The van der Waals surface area contributed by atoms with Gasteiger partial charge in [0.1, 0.15) is 11.9 Å². The summed E-state index contributed by atoms with van der Waals surface area (Å²) >= 11 is 0. The van der Waals surface area contributed by atoms with Crippen molar-refractivity contribution in [3.63, 3.8) is 0 Å². The van der Waals surface area contributed by atoms with Crippen LogP contribution in [0, 0.1) is 5.41 Å². The molecule has 0 radical (unpaired) electrons. The minimum atomic E-state index is -0.315. The lowest BCUT2D eigenvalue weighted by Gasteiger charge is -2.24. The topological polar surface area (TPSA) is 57.6 Å². The number of methoxy groups -OCH3 is 1. The largest absolute Gasteiger partial charge is 0.496 e. The molecule has 0 saturated heterocycles. The Morgan fingerprint density at radius 3 is 2.50 bits per heavy atom. The SMILES string of the molecule is CN/C(=C\C=N)C(OCCN(C)CCc1ccccc1)c1ccccc1OC. The number of hydrogen-bond donors (Lipinski definition) is 2. The molecule has 2 aromatic carbocycles. The van der Waals surface area contributed by atoms with Gasteiger partial charge in [0.25, 0.3) is 0 Å². The molecule has 0 heterocycles. The monoisotopic (exact) mass is 381 g/mol. The van der Waals surface area contributed by atoms with Crippen molar-refractivity contribution in [2.75, 3.05) is 40.9 Å². The van der Waals surface area contributed by atoms with Crippen LogP contribution in [0.25, 0.3) is 0 Å². The summed E-state index contributed by atoms with van der Waals surface area (Å²) in [6.45, 7) is 2.37. The Labute approximate surface area is 168 Å². The van der Waals surface area contributed by atoms with E-state index < -0.39 is 0 Å². The fraction of sp³-hybridized carbons (Fsp3) is 0.348. The maximum absolute atomic E-state index is 7.44. The molecule has 2 rings (SSSR count). The van der Waals surface area contributed by atoms with Crippen molar-refractivity contribution in [3.8, 4) is 5.75 Å². The van der Waals surface area contributed by atoms with Crippen molar-refractivity contribution in [1.29, 1.82) is 5.41 Å². The summed E-state index contributed by atoms with van der Waals surface area (Å²) in [4.78, 5) is 2.27. The molecule has 0 amide bonds. The molecular formula is C23H31N3O2. The lowest BCUT2D eigenvalue weighted by molar-refractivity contribution is 0.0578. The molecule has 0 aliphatic rings. The number of likely N-dealkylation sites (N-methyl/N-ethyl adjacent to an activating group) is 2. The van der Waals surface area contributed by atoms with Crippen molar-refractivity contribution < 1.29 is 9.47 Å². The summed E-state index contributed by atoms with van der Waals surface area (Å²) in [6.07, 6.45) is 3.69. The molecule has 1 atom stereocenters. The van der Waals surface area contributed by atoms with Gasteiger partial charge in [-0.2, -0.15) is 0 Å². The van der Waals surface area contributed by atoms with Crippen LogP contribution in [0.2, 0.25) is 0 Å². The summed E-state index contributed by atoms with van der Waals surface area (Å²) in [5.41, 5.74) is 3.11. The summed E-state index contributed by atoms with van der Waals surface area (Å²) in [6, 6.07) is 18.3. The first-order chi connectivity index (χ1) is 13.7. The van der Waals surface area contributed by atoms with E-state index in [1.165, 1.54) is 11.8 Å². The Morgan fingerprint density at radius 1 is 1.11 bits per heavy atom. The molecule has 0 aromatic heterocycles. The van der Waals surface area contributed by atoms with Crippen LogP contribution in [0.1, 0.15) is 17.2 Å². The van der Waals surface area contributed by atoms with Gasteiger partial charge in [-0.1, -0.05) is 48.5 Å². The van der Waals surface area contributed by atoms with E-state index in [1.54, 1.807) is 13.2 Å². The Morgan fingerprint density at radius 2 is 1.82 bits per heavy atom. The number of benzene rings is 2. The Hall–Kier alpha value is -2.63. The van der Waals surface area contributed by atoms with Crippen LogP contribution in [-0.4, -0.2) is 52.0 Å². The van der Waals surface area contributed by atoms with Crippen LogP contribution in [0.15, 0.2) is 66.4 Å². The molecule has 0 aliphatic heterocycles. The van der Waals surface area contributed by atoms with Crippen LogP contribution >= 0.6 is 0 Å². The van der Waals surface area contributed by atoms with Gasteiger partial charge in [0.2, 0.25) is 0 Å². The summed E-state index contributed by atoms with van der Waals surface area (Å²) in [7, 11) is 5.61. The van der Waals surface area contributed by atoms with E-state index in [-0.39, 0.29) is 6.10 Å². The van der Waals surface area contributed by atoms with Crippen molar-refractivity contribution >= 4 is 6.21 Å². The lowest BCUT2D eigenvalue weighted by Crippen LogP contribution is -2.27. The standard InChI is InChI=1S/C23H31N3O2/c1-25-21(13-15-24)23(20-11-7-8-12-22(20)27-3)28-18-17-26(2)16-14-19-9-5-4-6-10-19/h4-13,15,23-25H,14,16-18H2,1-3H3/b21-13-,24-15?. The van der Waals surface area contributed by atoms with E-state index in [2.05, 4.69) is 41.5 Å². The maximum Gasteiger partial charge on any atom is 0.126 e. The zero-order chi connectivity index (χ0) is 20.2. The van der Waals surface area contributed by atoms with Crippen molar-refractivity contribution in [1.82, 2.24) is 10.2 Å². The highest BCUT2D eigenvalue weighted by Gasteiger charge is 2.20. The van der Waals surface area contributed by atoms with Gasteiger partial charge in [-0.15, -0.1) is 0 Å². The maximum atomic E-state index is 7.44. The zero-order valence-electron chi connectivity index (χ0n) is 17.0. The Bertz CT molecular complexity index is 747. The van der Waals surface area contributed by atoms with Gasteiger partial charge in [-0.25, -0.2) is 0 Å². The molecule has 28 heavy (non-hydrogen) atoms. The second kappa shape index (κ2) is 12.0. The van der Waals surface area contributed by atoms with Crippen LogP contribution in [-0.2, 0) is 11.2 Å². The van der Waals surface area contributed by atoms with Crippen LogP contribution < -0.4 is 10.1 Å². The predicted octanol–water partition coefficient (Wildman–Crippen LogP) is 3.68. The van der Waals surface area contributed by atoms with Crippen LogP contribution in [0.4, 0.5) is 0 Å². The van der Waals surface area contributed by atoms with E-state index in [0.29, 0.717) is 6.61 Å². The molecule has 0 fully saturated rings. The molecule has 2 aromatic rings. The van der Waals surface area contributed by atoms with E-state index in [0.717, 1.165) is 36.5 Å². The molecule has 5 nitrogen and oxygen atoms in total. The predicted molar refractivity (Wildman–Crippen MR) is 115 cm³/mol. The first-order valence-corrected chi connectivity index (χ1v) is 9.55. The molecule has 0 spiro atoms. The minimum absolute atomic E-state index is 0.315. The molecule has 0 aliphatic carbocycles. The van der Waals surface area contributed by atoms with Crippen molar-refractivity contribution in [2.45, 2.75) is 12.5 Å². The summed E-state index contributed by atoms with van der Waals surface area (Å²) < 4.78 is 11.8. The highest BCUT2D eigenvalue weighted by atomic mass is 16.5. The number of ether oxygens (including phenoxy) is 2. The molecule has 150 valence electrons. The fourth-order valence-corrected chi connectivity index (χ4v) is 3.02. The average Bonchev–Trinajstić information content (AvgIpc) is 2.74. The second-order valence-corrected chi connectivity index (χ2v) is 6.57. The van der Waals surface area contributed by atoms with E-state index in [1.807, 2.05) is 37.4 Å². The highest BCUT2D eigenvalue weighted by molar-refractivity contribution is 5.69. The number of nitrogens with zero attached hydrogens (tertiary/aromatic N) is 1. The van der Waals surface area contributed by atoms with Gasteiger partial charge in [-0.3, -0.25) is 0 Å². The molecule has 0 saturated carbocycles. The van der Waals surface area contributed by atoms with Crippen molar-refractivity contribution in [2.24, 2.45) is 0 Å². The number of nitrogens with one attached hydrogen (secondary N) is 2. The van der Waals surface area contributed by atoms with Gasteiger partial charge in [-0.05, 0) is 31.2 Å². The van der Waals surface area contributed by atoms with Gasteiger partial charge in [0.15, 0.2) is 0 Å². The van der Waals surface area contributed by atoms with Gasteiger partial charge < -0.3 is 25.1 Å².